The summed E-state index contributed by atoms with van der Waals surface area (Å²) < 4.78 is 0. The first kappa shape index (κ1) is 18.5. The average Bonchev–Trinajstić information content (AvgIpc) is 2.49. The van der Waals surface area contributed by atoms with Gasteiger partial charge < -0.3 is 16.0 Å². The molecule has 0 unspecified atom stereocenters. The van der Waals surface area contributed by atoms with E-state index in [0.29, 0.717) is 29.1 Å². The molecule has 0 saturated heterocycles. The van der Waals surface area contributed by atoms with E-state index in [2.05, 4.69) is 5.32 Å². The van der Waals surface area contributed by atoms with Crippen LogP contribution in [-0.2, 0) is 4.79 Å². The van der Waals surface area contributed by atoms with Crippen molar-refractivity contribution in [1.82, 2.24) is 4.90 Å². The fourth-order valence-corrected chi connectivity index (χ4v) is 2.48. The number of nitrogens with one attached hydrogen (secondary N) is 1. The van der Waals surface area contributed by atoms with Gasteiger partial charge in [-0.3, -0.25) is 9.59 Å². The average molecular weight is 326 g/mol. The number of carbonyl (C=O) groups excluding carboxylic acids is 2. The van der Waals surface area contributed by atoms with Crippen molar-refractivity contribution in [2.45, 2.75) is 26.7 Å². The summed E-state index contributed by atoms with van der Waals surface area (Å²) in [6, 6.07) is 4.87. The number of rotatable bonds is 6. The molecule has 0 aromatic heterocycles. The molecule has 6 heteroatoms. The Morgan fingerprint density at radius 2 is 1.86 bits per heavy atom. The first-order valence-corrected chi connectivity index (χ1v) is 7.71. The van der Waals surface area contributed by atoms with Gasteiger partial charge in [-0.05, 0) is 31.0 Å². The molecule has 0 saturated carbocycles. The molecule has 0 aliphatic heterocycles. The van der Waals surface area contributed by atoms with Gasteiger partial charge in [0, 0.05) is 26.3 Å². The molecule has 1 aromatic carbocycles. The van der Waals surface area contributed by atoms with Gasteiger partial charge >= 0.3 is 0 Å². The van der Waals surface area contributed by atoms with Crippen LogP contribution in [0.1, 0.15) is 37.0 Å². The number of anilines is 1. The van der Waals surface area contributed by atoms with Gasteiger partial charge in [-0.15, -0.1) is 0 Å². The lowest BCUT2D eigenvalue weighted by Gasteiger charge is -2.28. The second-order valence-electron chi connectivity index (χ2n) is 5.54. The Hall–Kier alpha value is -1.59. The summed E-state index contributed by atoms with van der Waals surface area (Å²) in [5, 5.41) is 3.15. The number of halogens is 1. The molecule has 122 valence electrons. The van der Waals surface area contributed by atoms with E-state index in [1.54, 1.807) is 32.3 Å². The largest absolute Gasteiger partial charge is 0.345 e. The summed E-state index contributed by atoms with van der Waals surface area (Å²) in [5.41, 5.74) is 6.16. The van der Waals surface area contributed by atoms with Gasteiger partial charge in [0.05, 0.1) is 16.0 Å². The van der Waals surface area contributed by atoms with E-state index in [1.165, 1.54) is 4.90 Å². The second-order valence-corrected chi connectivity index (χ2v) is 5.95. The van der Waals surface area contributed by atoms with Crippen LogP contribution < -0.4 is 11.1 Å². The highest BCUT2D eigenvalue weighted by Gasteiger charge is 2.33. The lowest BCUT2D eigenvalue weighted by molar-refractivity contribution is -0.125. The number of hydrogen-bond acceptors (Lipinski definition) is 3. The van der Waals surface area contributed by atoms with Gasteiger partial charge in [0.2, 0.25) is 5.91 Å². The van der Waals surface area contributed by atoms with Gasteiger partial charge in [0.15, 0.2) is 0 Å². The molecule has 0 radical (unpaired) electrons. The quantitative estimate of drug-likeness (QED) is 0.844. The Balaban J connectivity index is 2.99. The highest BCUT2D eigenvalue weighted by Crippen LogP contribution is 2.28. The minimum atomic E-state index is -0.579. The molecule has 0 aliphatic carbocycles. The SMILES string of the molecule is CCC(CC)(CN)C(=O)Nc1ccc(C(=O)N(C)C)c(Cl)c1. The summed E-state index contributed by atoms with van der Waals surface area (Å²) in [4.78, 5) is 25.8. The first-order chi connectivity index (χ1) is 10.3. The zero-order valence-corrected chi connectivity index (χ0v) is 14.3. The Labute approximate surface area is 136 Å². The summed E-state index contributed by atoms with van der Waals surface area (Å²) in [7, 11) is 3.32. The van der Waals surface area contributed by atoms with Crippen molar-refractivity contribution in [3.05, 3.63) is 28.8 Å². The monoisotopic (exact) mass is 325 g/mol. The van der Waals surface area contributed by atoms with Crippen LogP contribution in [0.2, 0.25) is 5.02 Å². The van der Waals surface area contributed by atoms with E-state index in [-0.39, 0.29) is 18.4 Å². The first-order valence-electron chi connectivity index (χ1n) is 7.34. The third kappa shape index (κ3) is 3.78. The maximum absolute atomic E-state index is 12.5. The second kappa shape index (κ2) is 7.61. The summed E-state index contributed by atoms with van der Waals surface area (Å²) >= 11 is 6.14. The predicted octanol–water partition coefficient (Wildman–Crippen LogP) is 2.75. The lowest BCUT2D eigenvalue weighted by atomic mass is 9.81. The molecule has 2 amide bonds. The topological polar surface area (TPSA) is 75.4 Å². The molecule has 22 heavy (non-hydrogen) atoms. The molecule has 3 N–H and O–H groups in total. The Kier molecular flexibility index (Phi) is 6.38. The van der Waals surface area contributed by atoms with Gasteiger partial charge in [0.1, 0.15) is 0 Å². The molecule has 0 heterocycles. The molecule has 0 spiro atoms. The van der Waals surface area contributed by atoms with E-state index < -0.39 is 5.41 Å². The van der Waals surface area contributed by atoms with E-state index in [0.717, 1.165) is 0 Å². The van der Waals surface area contributed by atoms with Crippen molar-refractivity contribution in [1.29, 1.82) is 0 Å². The van der Waals surface area contributed by atoms with E-state index in [4.69, 9.17) is 17.3 Å². The van der Waals surface area contributed by atoms with Crippen LogP contribution in [0.5, 0.6) is 0 Å². The van der Waals surface area contributed by atoms with Crippen LogP contribution in [0.3, 0.4) is 0 Å². The van der Waals surface area contributed by atoms with Crippen LogP contribution in [0.15, 0.2) is 18.2 Å². The van der Waals surface area contributed by atoms with Crippen molar-refractivity contribution in [2.24, 2.45) is 11.1 Å². The molecule has 0 bridgehead atoms. The number of carbonyl (C=O) groups is 2. The van der Waals surface area contributed by atoms with Crippen molar-refractivity contribution < 1.29 is 9.59 Å². The fraction of sp³-hybridized carbons (Fsp3) is 0.500. The fourth-order valence-electron chi connectivity index (χ4n) is 2.22. The normalized spacial score (nSPS) is 11.2. The molecular formula is C16H24ClN3O2. The Morgan fingerprint density at radius 3 is 2.27 bits per heavy atom. The molecule has 0 aliphatic rings. The molecule has 5 nitrogen and oxygen atoms in total. The van der Waals surface area contributed by atoms with Crippen LogP contribution >= 0.6 is 11.6 Å². The van der Waals surface area contributed by atoms with E-state index >= 15 is 0 Å². The number of nitrogens with two attached hydrogens (primary N) is 1. The number of benzene rings is 1. The van der Waals surface area contributed by atoms with Crippen LogP contribution in [0.25, 0.3) is 0 Å². The number of nitrogens with zero attached hydrogens (tertiary/aromatic N) is 1. The van der Waals surface area contributed by atoms with Crippen molar-refractivity contribution >= 4 is 29.1 Å². The summed E-state index contributed by atoms with van der Waals surface area (Å²) in [5.74, 6) is -0.302. The minimum Gasteiger partial charge on any atom is -0.345 e. The highest BCUT2D eigenvalue weighted by molar-refractivity contribution is 6.34. The standard InChI is InChI=1S/C16H24ClN3O2/c1-5-16(6-2,10-18)15(22)19-11-7-8-12(13(17)9-11)14(21)20(3)4/h7-9H,5-6,10,18H2,1-4H3,(H,19,22). The van der Waals surface area contributed by atoms with Gasteiger partial charge in [0.25, 0.3) is 5.91 Å². The zero-order chi connectivity index (χ0) is 16.9. The minimum absolute atomic E-state index is 0.122. The van der Waals surface area contributed by atoms with Crippen molar-refractivity contribution in [3.8, 4) is 0 Å². The molecule has 1 aromatic rings. The summed E-state index contributed by atoms with van der Waals surface area (Å²) in [6.07, 6.45) is 1.33. The summed E-state index contributed by atoms with van der Waals surface area (Å²) in [6.45, 7) is 4.18. The number of hydrogen-bond donors (Lipinski definition) is 2. The van der Waals surface area contributed by atoms with Crippen LogP contribution in [0.4, 0.5) is 5.69 Å². The Bertz CT molecular complexity index is 546. The molecule has 1 rings (SSSR count). The van der Waals surface area contributed by atoms with Crippen molar-refractivity contribution in [2.75, 3.05) is 26.0 Å². The number of amides is 2. The highest BCUT2D eigenvalue weighted by atomic mass is 35.5. The third-order valence-corrected chi connectivity index (χ3v) is 4.40. The molecule has 0 atom stereocenters. The third-order valence-electron chi connectivity index (χ3n) is 4.09. The predicted molar refractivity (Wildman–Crippen MR) is 90.2 cm³/mol. The smallest absolute Gasteiger partial charge is 0.254 e. The van der Waals surface area contributed by atoms with E-state index in [1.807, 2.05) is 13.8 Å². The van der Waals surface area contributed by atoms with Crippen LogP contribution in [0, 0.1) is 5.41 Å². The lowest BCUT2D eigenvalue weighted by Crippen LogP contribution is -2.41. The maximum Gasteiger partial charge on any atom is 0.254 e. The Morgan fingerprint density at radius 1 is 1.27 bits per heavy atom. The zero-order valence-electron chi connectivity index (χ0n) is 13.6. The molecule has 0 fully saturated rings. The van der Waals surface area contributed by atoms with E-state index in [9.17, 15) is 9.59 Å². The van der Waals surface area contributed by atoms with Crippen LogP contribution in [-0.4, -0.2) is 37.4 Å². The maximum atomic E-state index is 12.5. The van der Waals surface area contributed by atoms with Gasteiger partial charge in [-0.1, -0.05) is 25.4 Å². The molecular weight excluding hydrogens is 302 g/mol. The van der Waals surface area contributed by atoms with Gasteiger partial charge in [-0.25, -0.2) is 0 Å². The van der Waals surface area contributed by atoms with Crippen molar-refractivity contribution in [3.63, 3.8) is 0 Å². The van der Waals surface area contributed by atoms with Gasteiger partial charge in [-0.2, -0.15) is 0 Å².